The Labute approximate surface area is 125 Å². The van der Waals surface area contributed by atoms with Gasteiger partial charge in [-0.1, -0.05) is 28.0 Å². The van der Waals surface area contributed by atoms with Crippen molar-refractivity contribution < 1.29 is 14.4 Å². The Morgan fingerprint density at radius 1 is 1.60 bits per heavy atom. The molecule has 20 heavy (non-hydrogen) atoms. The number of rotatable bonds is 2. The maximum atomic E-state index is 13.8. The average Bonchev–Trinajstić information content (AvgIpc) is 2.45. The van der Waals surface area contributed by atoms with E-state index in [-0.39, 0.29) is 17.4 Å². The molecular formula is C14H16BrFN2O2. The molecule has 6 heteroatoms. The van der Waals surface area contributed by atoms with Crippen LogP contribution in [0.25, 0.3) is 0 Å². The van der Waals surface area contributed by atoms with Crippen LogP contribution >= 0.6 is 15.9 Å². The Bertz CT molecular complexity index is 548. The Hall–Kier alpha value is -1.43. The van der Waals surface area contributed by atoms with Gasteiger partial charge in [0.1, 0.15) is 5.82 Å². The van der Waals surface area contributed by atoms with Crippen molar-refractivity contribution in [2.75, 3.05) is 13.1 Å². The smallest absolute Gasteiger partial charge is 0.256 e. The van der Waals surface area contributed by atoms with Crippen LogP contribution in [0, 0.1) is 11.7 Å². The van der Waals surface area contributed by atoms with Gasteiger partial charge in [-0.15, -0.1) is 0 Å². The van der Waals surface area contributed by atoms with Crippen LogP contribution in [0.3, 0.4) is 0 Å². The number of carbonyl (C=O) groups is 1. The number of halogens is 2. The van der Waals surface area contributed by atoms with Crippen molar-refractivity contribution in [1.82, 2.24) is 4.90 Å². The molecule has 2 rings (SSSR count). The summed E-state index contributed by atoms with van der Waals surface area (Å²) in [5.41, 5.74) is 0.792. The molecule has 4 nitrogen and oxygen atoms in total. The van der Waals surface area contributed by atoms with Crippen LogP contribution in [0.5, 0.6) is 0 Å². The van der Waals surface area contributed by atoms with Crippen LogP contribution in [0.15, 0.2) is 27.8 Å². The van der Waals surface area contributed by atoms with E-state index >= 15 is 0 Å². The molecule has 0 saturated carbocycles. The van der Waals surface area contributed by atoms with Gasteiger partial charge in [-0.05, 0) is 24.6 Å². The quantitative estimate of drug-likeness (QED) is 0.662. The first kappa shape index (κ1) is 15.0. The van der Waals surface area contributed by atoms with Crippen LogP contribution in [-0.2, 0) is 0 Å². The number of piperidine rings is 1. The zero-order chi connectivity index (χ0) is 14.7. The van der Waals surface area contributed by atoms with Crippen LogP contribution in [0.1, 0.15) is 30.1 Å². The predicted molar refractivity (Wildman–Crippen MR) is 77.6 cm³/mol. The molecule has 1 amide bonds. The maximum Gasteiger partial charge on any atom is 0.256 e. The number of oxime groups is 1. The van der Waals surface area contributed by atoms with Gasteiger partial charge in [0.2, 0.25) is 0 Å². The van der Waals surface area contributed by atoms with Gasteiger partial charge in [0.15, 0.2) is 0 Å². The fourth-order valence-electron chi connectivity index (χ4n) is 2.43. The average molecular weight is 343 g/mol. The minimum Gasteiger partial charge on any atom is -0.411 e. The lowest BCUT2D eigenvalue weighted by molar-refractivity contribution is 0.0724. The summed E-state index contributed by atoms with van der Waals surface area (Å²) in [6.45, 7) is 2.89. The van der Waals surface area contributed by atoms with Gasteiger partial charge in [0, 0.05) is 29.9 Å². The van der Waals surface area contributed by atoms with Crippen LogP contribution in [0.4, 0.5) is 4.39 Å². The predicted octanol–water partition coefficient (Wildman–Crippen LogP) is 3.29. The third kappa shape index (κ3) is 3.00. The fraction of sp³-hybridized carbons (Fsp3) is 0.429. The molecule has 108 valence electrons. The second kappa shape index (κ2) is 6.35. The highest BCUT2D eigenvalue weighted by molar-refractivity contribution is 9.10. The number of amides is 1. The summed E-state index contributed by atoms with van der Waals surface area (Å²) in [5.74, 6) is -0.805. The highest BCUT2D eigenvalue weighted by atomic mass is 79.9. The zero-order valence-electron chi connectivity index (χ0n) is 11.1. The number of hydrogen-bond acceptors (Lipinski definition) is 3. The van der Waals surface area contributed by atoms with Crippen molar-refractivity contribution in [3.63, 3.8) is 0 Å². The second-order valence-corrected chi connectivity index (χ2v) is 5.74. The monoisotopic (exact) mass is 342 g/mol. The summed E-state index contributed by atoms with van der Waals surface area (Å²) in [6, 6.07) is 4.42. The molecule has 1 aromatic carbocycles. The minimum atomic E-state index is -0.529. The molecule has 0 aromatic heterocycles. The summed E-state index contributed by atoms with van der Waals surface area (Å²) in [5, 5.41) is 12.2. The lowest BCUT2D eigenvalue weighted by Crippen LogP contribution is -2.44. The SMILES string of the molecule is CCC1CN(C(=O)c2ccc(Br)cc2F)CC/C1=N\O. The molecule has 1 N–H and O–H groups in total. The van der Waals surface area contributed by atoms with E-state index in [9.17, 15) is 9.18 Å². The third-order valence-corrected chi connectivity index (χ3v) is 4.11. The molecular weight excluding hydrogens is 327 g/mol. The molecule has 0 radical (unpaired) electrons. The van der Waals surface area contributed by atoms with E-state index < -0.39 is 5.82 Å². The normalized spacial score (nSPS) is 21.2. The molecule has 0 spiro atoms. The molecule has 0 aliphatic carbocycles. The summed E-state index contributed by atoms with van der Waals surface area (Å²) < 4.78 is 14.4. The largest absolute Gasteiger partial charge is 0.411 e. The third-order valence-electron chi connectivity index (χ3n) is 3.62. The fourth-order valence-corrected chi connectivity index (χ4v) is 2.76. The van der Waals surface area contributed by atoms with Gasteiger partial charge in [-0.3, -0.25) is 4.79 Å². The van der Waals surface area contributed by atoms with E-state index in [1.165, 1.54) is 12.1 Å². The summed E-state index contributed by atoms with van der Waals surface area (Å²) in [4.78, 5) is 14.0. The molecule has 1 aliphatic heterocycles. The van der Waals surface area contributed by atoms with Crippen molar-refractivity contribution in [2.45, 2.75) is 19.8 Å². The van der Waals surface area contributed by atoms with Crippen molar-refractivity contribution in [2.24, 2.45) is 11.1 Å². The first-order valence-corrected chi connectivity index (χ1v) is 7.31. The number of carbonyl (C=O) groups excluding carboxylic acids is 1. The maximum absolute atomic E-state index is 13.8. The Balaban J connectivity index is 2.18. The zero-order valence-corrected chi connectivity index (χ0v) is 12.7. The van der Waals surface area contributed by atoms with Crippen LogP contribution in [0.2, 0.25) is 0 Å². The first-order chi connectivity index (χ1) is 9.56. The van der Waals surface area contributed by atoms with Crippen molar-refractivity contribution in [3.8, 4) is 0 Å². The molecule has 1 aliphatic rings. The molecule has 1 saturated heterocycles. The van der Waals surface area contributed by atoms with Gasteiger partial charge in [-0.25, -0.2) is 4.39 Å². The van der Waals surface area contributed by atoms with E-state index in [2.05, 4.69) is 21.1 Å². The topological polar surface area (TPSA) is 52.9 Å². The standard InChI is InChI=1S/C14H16BrFN2O2/c1-2-9-8-18(6-5-13(9)17-20)14(19)11-4-3-10(15)7-12(11)16/h3-4,7,9,20H,2,5-6,8H2,1H3/b17-13+. The van der Waals surface area contributed by atoms with E-state index in [4.69, 9.17) is 5.21 Å². The number of likely N-dealkylation sites (tertiary alicyclic amines) is 1. The number of benzene rings is 1. The van der Waals surface area contributed by atoms with Crippen LogP contribution < -0.4 is 0 Å². The van der Waals surface area contributed by atoms with E-state index in [1.807, 2.05) is 6.92 Å². The lowest BCUT2D eigenvalue weighted by Gasteiger charge is -2.33. The Morgan fingerprint density at radius 2 is 2.35 bits per heavy atom. The van der Waals surface area contributed by atoms with Crippen molar-refractivity contribution in [3.05, 3.63) is 34.1 Å². The summed E-state index contributed by atoms with van der Waals surface area (Å²) in [6.07, 6.45) is 1.31. The molecule has 1 aromatic rings. The highest BCUT2D eigenvalue weighted by Crippen LogP contribution is 2.22. The summed E-state index contributed by atoms with van der Waals surface area (Å²) >= 11 is 3.17. The Kier molecular flexibility index (Phi) is 4.75. The molecule has 0 bridgehead atoms. The number of nitrogens with zero attached hydrogens (tertiary/aromatic N) is 2. The summed E-state index contributed by atoms with van der Waals surface area (Å²) in [7, 11) is 0. The van der Waals surface area contributed by atoms with Gasteiger partial charge >= 0.3 is 0 Å². The van der Waals surface area contributed by atoms with E-state index in [0.717, 1.165) is 6.42 Å². The van der Waals surface area contributed by atoms with Gasteiger partial charge in [-0.2, -0.15) is 0 Å². The molecule has 1 unspecified atom stereocenters. The molecule has 1 fully saturated rings. The van der Waals surface area contributed by atoms with Crippen molar-refractivity contribution >= 4 is 27.5 Å². The van der Waals surface area contributed by atoms with Gasteiger partial charge in [0.05, 0.1) is 11.3 Å². The molecule has 1 atom stereocenters. The minimum absolute atomic E-state index is 0.0382. The van der Waals surface area contributed by atoms with E-state index in [0.29, 0.717) is 29.7 Å². The second-order valence-electron chi connectivity index (χ2n) is 4.82. The Morgan fingerprint density at radius 3 is 2.95 bits per heavy atom. The molecule has 1 heterocycles. The highest BCUT2D eigenvalue weighted by Gasteiger charge is 2.29. The van der Waals surface area contributed by atoms with E-state index in [1.54, 1.807) is 11.0 Å². The van der Waals surface area contributed by atoms with Gasteiger partial charge < -0.3 is 10.1 Å². The number of hydrogen-bond donors (Lipinski definition) is 1. The van der Waals surface area contributed by atoms with Gasteiger partial charge in [0.25, 0.3) is 5.91 Å². The van der Waals surface area contributed by atoms with Crippen LogP contribution in [-0.4, -0.2) is 34.8 Å². The lowest BCUT2D eigenvalue weighted by atomic mass is 9.93. The first-order valence-electron chi connectivity index (χ1n) is 6.52. The van der Waals surface area contributed by atoms with Crippen molar-refractivity contribution in [1.29, 1.82) is 0 Å².